The van der Waals surface area contributed by atoms with E-state index < -0.39 is 0 Å². The van der Waals surface area contributed by atoms with Gasteiger partial charge in [-0.2, -0.15) is 0 Å². The van der Waals surface area contributed by atoms with E-state index in [2.05, 4.69) is 22.2 Å². The third-order valence-corrected chi connectivity index (χ3v) is 4.65. The van der Waals surface area contributed by atoms with Gasteiger partial charge in [-0.05, 0) is 30.2 Å². The van der Waals surface area contributed by atoms with E-state index in [9.17, 15) is 4.79 Å². The fraction of sp³-hybridized carbons (Fsp3) is 0.235. The molecule has 0 bridgehead atoms. The minimum Gasteiger partial charge on any atom is -0.397 e. The number of nitrogen functional groups attached to an aromatic ring is 1. The molecular weight excluding hydrogens is 308 g/mol. The average molecular weight is 326 g/mol. The summed E-state index contributed by atoms with van der Waals surface area (Å²) in [6, 6.07) is 7.69. The number of thiophene rings is 1. The van der Waals surface area contributed by atoms with Crippen LogP contribution >= 0.6 is 11.3 Å². The van der Waals surface area contributed by atoms with E-state index in [1.807, 2.05) is 24.3 Å². The second-order valence-electron chi connectivity index (χ2n) is 5.29. The lowest BCUT2D eigenvalue weighted by atomic mass is 10.2. The van der Waals surface area contributed by atoms with Gasteiger partial charge in [0.05, 0.1) is 5.69 Å². The summed E-state index contributed by atoms with van der Waals surface area (Å²) in [5, 5.41) is 3.73. The Bertz CT molecular complexity index is 829. The molecule has 3 rings (SSSR count). The van der Waals surface area contributed by atoms with Gasteiger partial charge in [0.2, 0.25) is 0 Å². The summed E-state index contributed by atoms with van der Waals surface area (Å²) >= 11 is 1.34. The van der Waals surface area contributed by atoms with Gasteiger partial charge in [-0.25, -0.2) is 4.98 Å². The summed E-state index contributed by atoms with van der Waals surface area (Å²) in [5.74, 6) is -0.175. The van der Waals surface area contributed by atoms with Crippen molar-refractivity contribution in [1.29, 1.82) is 0 Å². The summed E-state index contributed by atoms with van der Waals surface area (Å²) in [6.45, 7) is 2.54. The predicted molar refractivity (Wildman–Crippen MR) is 93.4 cm³/mol. The number of pyridine rings is 2. The van der Waals surface area contributed by atoms with Crippen LogP contribution in [0.2, 0.25) is 0 Å². The van der Waals surface area contributed by atoms with Crippen molar-refractivity contribution in [2.45, 2.75) is 26.3 Å². The van der Waals surface area contributed by atoms with Crippen LogP contribution in [-0.2, 0) is 13.0 Å². The molecule has 0 spiro atoms. The van der Waals surface area contributed by atoms with Gasteiger partial charge in [-0.15, -0.1) is 11.3 Å². The van der Waals surface area contributed by atoms with Gasteiger partial charge in [0.25, 0.3) is 5.91 Å². The first-order chi connectivity index (χ1) is 11.2. The molecule has 0 saturated heterocycles. The highest BCUT2D eigenvalue weighted by Crippen LogP contribution is 2.32. The van der Waals surface area contributed by atoms with Crippen LogP contribution in [0.5, 0.6) is 0 Å². The first kappa shape index (κ1) is 15.4. The molecule has 6 heteroatoms. The summed E-state index contributed by atoms with van der Waals surface area (Å²) in [6.07, 6.45) is 5.40. The Balaban J connectivity index is 1.81. The van der Waals surface area contributed by atoms with Crippen LogP contribution in [0.25, 0.3) is 10.2 Å². The lowest BCUT2D eigenvalue weighted by Crippen LogP contribution is -2.22. The SMILES string of the molecule is CCCc1ccc2c(N)c(C(=O)NCc3cccnc3)sc2n1. The summed E-state index contributed by atoms with van der Waals surface area (Å²) < 4.78 is 0. The number of fused-ring (bicyclic) bond motifs is 1. The molecule has 0 aliphatic rings. The van der Waals surface area contributed by atoms with Gasteiger partial charge >= 0.3 is 0 Å². The van der Waals surface area contributed by atoms with Crippen LogP contribution in [0.15, 0.2) is 36.7 Å². The molecule has 3 N–H and O–H groups in total. The van der Waals surface area contributed by atoms with Gasteiger partial charge in [-0.3, -0.25) is 9.78 Å². The zero-order chi connectivity index (χ0) is 16.2. The minimum absolute atomic E-state index is 0.175. The van der Waals surface area contributed by atoms with E-state index in [4.69, 9.17) is 5.73 Å². The number of amides is 1. The molecule has 0 fully saturated rings. The topological polar surface area (TPSA) is 80.9 Å². The summed E-state index contributed by atoms with van der Waals surface area (Å²) in [4.78, 5) is 22.4. The van der Waals surface area contributed by atoms with E-state index >= 15 is 0 Å². The van der Waals surface area contributed by atoms with Crippen LogP contribution in [0, 0.1) is 0 Å². The predicted octanol–water partition coefficient (Wildman–Crippen LogP) is 3.16. The number of rotatable bonds is 5. The number of nitrogens with two attached hydrogens (primary N) is 1. The maximum Gasteiger partial charge on any atom is 0.263 e. The molecule has 1 amide bonds. The van der Waals surface area contributed by atoms with Gasteiger partial charge in [0.1, 0.15) is 9.71 Å². The largest absolute Gasteiger partial charge is 0.397 e. The number of anilines is 1. The Labute approximate surface area is 138 Å². The average Bonchev–Trinajstić information content (AvgIpc) is 2.90. The fourth-order valence-electron chi connectivity index (χ4n) is 2.36. The molecule has 0 unspecified atom stereocenters. The van der Waals surface area contributed by atoms with Crippen molar-refractivity contribution in [3.8, 4) is 0 Å². The molecule has 3 heterocycles. The number of nitrogens with zero attached hydrogens (tertiary/aromatic N) is 2. The van der Waals surface area contributed by atoms with Crippen molar-refractivity contribution in [3.63, 3.8) is 0 Å². The van der Waals surface area contributed by atoms with Gasteiger partial charge in [0.15, 0.2) is 0 Å². The van der Waals surface area contributed by atoms with Crippen molar-refractivity contribution in [2.24, 2.45) is 0 Å². The molecule has 0 aliphatic heterocycles. The van der Waals surface area contributed by atoms with Crippen molar-refractivity contribution < 1.29 is 4.79 Å². The lowest BCUT2D eigenvalue weighted by Gasteiger charge is -2.03. The molecule has 0 atom stereocenters. The number of aryl methyl sites for hydroxylation is 1. The van der Waals surface area contributed by atoms with Crippen LogP contribution in [0.1, 0.15) is 34.3 Å². The molecule has 0 radical (unpaired) electrons. The molecule has 3 aromatic heterocycles. The Morgan fingerprint density at radius 1 is 1.35 bits per heavy atom. The third kappa shape index (κ3) is 3.32. The number of hydrogen-bond acceptors (Lipinski definition) is 5. The third-order valence-electron chi connectivity index (χ3n) is 3.54. The Morgan fingerprint density at radius 3 is 2.96 bits per heavy atom. The highest BCUT2D eigenvalue weighted by Gasteiger charge is 2.17. The van der Waals surface area contributed by atoms with Gasteiger partial charge < -0.3 is 11.1 Å². The van der Waals surface area contributed by atoms with Crippen LogP contribution in [0.4, 0.5) is 5.69 Å². The minimum atomic E-state index is -0.175. The smallest absolute Gasteiger partial charge is 0.263 e. The first-order valence-corrected chi connectivity index (χ1v) is 8.35. The number of carbonyl (C=O) groups is 1. The van der Waals surface area contributed by atoms with Crippen LogP contribution in [0.3, 0.4) is 0 Å². The van der Waals surface area contributed by atoms with E-state index in [0.717, 1.165) is 34.3 Å². The Hall–Kier alpha value is -2.47. The van der Waals surface area contributed by atoms with Gasteiger partial charge in [0, 0.05) is 30.0 Å². The second kappa shape index (κ2) is 6.75. The molecule has 5 nitrogen and oxygen atoms in total. The molecule has 3 aromatic rings. The molecule has 0 saturated carbocycles. The molecule has 23 heavy (non-hydrogen) atoms. The number of aromatic nitrogens is 2. The maximum absolute atomic E-state index is 12.4. The lowest BCUT2D eigenvalue weighted by molar-refractivity contribution is 0.0956. The quantitative estimate of drug-likeness (QED) is 0.754. The standard InChI is InChI=1S/C17H18N4OS/c1-2-4-12-6-7-13-14(18)15(23-17(13)21-12)16(22)20-10-11-5-3-8-19-9-11/h3,5-9H,2,4,10,18H2,1H3,(H,20,22). The fourth-order valence-corrected chi connectivity index (χ4v) is 3.39. The highest BCUT2D eigenvalue weighted by atomic mass is 32.1. The normalized spacial score (nSPS) is 10.8. The van der Waals surface area contributed by atoms with E-state index in [0.29, 0.717) is 17.1 Å². The van der Waals surface area contributed by atoms with Crippen molar-refractivity contribution in [2.75, 3.05) is 5.73 Å². The summed E-state index contributed by atoms with van der Waals surface area (Å²) in [7, 11) is 0. The molecule has 118 valence electrons. The number of nitrogens with one attached hydrogen (secondary N) is 1. The van der Waals surface area contributed by atoms with E-state index in [-0.39, 0.29) is 5.91 Å². The number of hydrogen-bond donors (Lipinski definition) is 2. The number of carbonyl (C=O) groups excluding carboxylic acids is 1. The molecule has 0 aromatic carbocycles. The first-order valence-electron chi connectivity index (χ1n) is 7.54. The summed E-state index contributed by atoms with van der Waals surface area (Å²) in [5.41, 5.74) is 8.61. The monoisotopic (exact) mass is 326 g/mol. The van der Waals surface area contributed by atoms with Gasteiger partial charge in [-0.1, -0.05) is 19.4 Å². The second-order valence-corrected chi connectivity index (χ2v) is 6.29. The Morgan fingerprint density at radius 2 is 2.22 bits per heavy atom. The maximum atomic E-state index is 12.4. The van der Waals surface area contributed by atoms with E-state index in [1.54, 1.807) is 12.4 Å². The van der Waals surface area contributed by atoms with Crippen molar-refractivity contribution in [1.82, 2.24) is 15.3 Å². The molecular formula is C17H18N4OS. The van der Waals surface area contributed by atoms with Crippen molar-refractivity contribution in [3.05, 3.63) is 52.8 Å². The van der Waals surface area contributed by atoms with Crippen LogP contribution < -0.4 is 11.1 Å². The molecule has 0 aliphatic carbocycles. The highest BCUT2D eigenvalue weighted by molar-refractivity contribution is 7.21. The zero-order valence-corrected chi connectivity index (χ0v) is 13.7. The van der Waals surface area contributed by atoms with Crippen molar-refractivity contribution >= 4 is 33.1 Å². The van der Waals surface area contributed by atoms with E-state index in [1.165, 1.54) is 11.3 Å². The van der Waals surface area contributed by atoms with Crippen LogP contribution in [-0.4, -0.2) is 15.9 Å². The zero-order valence-electron chi connectivity index (χ0n) is 12.9. The Kier molecular flexibility index (Phi) is 4.52.